The summed E-state index contributed by atoms with van der Waals surface area (Å²) in [5.41, 5.74) is 0.529. The van der Waals surface area contributed by atoms with Gasteiger partial charge in [-0.1, -0.05) is 12.1 Å². The van der Waals surface area contributed by atoms with Crippen LogP contribution in [0.15, 0.2) is 36.4 Å². The highest BCUT2D eigenvalue weighted by atomic mass is 16.8. The van der Waals surface area contributed by atoms with E-state index in [9.17, 15) is 45.6 Å². The predicted molar refractivity (Wildman–Crippen MR) is 134 cm³/mol. The SMILES string of the molecule is CC1O[C@@H](OC2[C@H](Oc3cc(O)c4c(c3)OC(c3ccc(O)cc3)CC4=O)OC(CO)[C@@H](O)[C@H]2O)C(O)[C@@H](O)[C@H]1O. The van der Waals surface area contributed by atoms with E-state index in [0.29, 0.717) is 5.56 Å². The number of rotatable bonds is 6. The van der Waals surface area contributed by atoms with E-state index in [2.05, 4.69) is 0 Å². The van der Waals surface area contributed by atoms with Crippen molar-refractivity contribution in [2.45, 2.75) is 80.9 Å². The summed E-state index contributed by atoms with van der Waals surface area (Å²) in [5.74, 6) is -0.947. The molecule has 224 valence electrons. The monoisotopic (exact) mass is 580 g/mol. The number of carbonyl (C=O) groups excluding carboxylic acids is 1. The molecule has 14 heteroatoms. The van der Waals surface area contributed by atoms with Crippen LogP contribution in [0.2, 0.25) is 0 Å². The maximum Gasteiger partial charge on any atom is 0.229 e. The van der Waals surface area contributed by atoms with Gasteiger partial charge in [0.2, 0.25) is 6.29 Å². The molecule has 0 aromatic heterocycles. The highest BCUT2D eigenvalue weighted by molar-refractivity contribution is 6.02. The molecule has 3 aliphatic rings. The van der Waals surface area contributed by atoms with Crippen molar-refractivity contribution in [3.8, 4) is 23.0 Å². The number of phenols is 2. The quantitative estimate of drug-likeness (QED) is 0.202. The zero-order chi connectivity index (χ0) is 29.6. The number of carbonyl (C=O) groups is 1. The van der Waals surface area contributed by atoms with Crippen molar-refractivity contribution < 1.29 is 69.3 Å². The van der Waals surface area contributed by atoms with E-state index in [1.165, 1.54) is 25.1 Å². The van der Waals surface area contributed by atoms with E-state index in [-0.39, 0.29) is 29.2 Å². The maximum atomic E-state index is 12.9. The van der Waals surface area contributed by atoms with Crippen molar-refractivity contribution in [1.82, 2.24) is 0 Å². The minimum atomic E-state index is -1.75. The third kappa shape index (κ3) is 5.70. The molecule has 0 saturated carbocycles. The number of aliphatic hydroxyl groups excluding tert-OH is 6. The van der Waals surface area contributed by atoms with E-state index < -0.39 is 85.7 Å². The second-order valence-corrected chi connectivity index (χ2v) is 10.2. The van der Waals surface area contributed by atoms with Gasteiger partial charge in [-0.3, -0.25) is 4.79 Å². The fourth-order valence-corrected chi connectivity index (χ4v) is 5.07. The second-order valence-electron chi connectivity index (χ2n) is 10.2. The number of ether oxygens (including phenoxy) is 5. The van der Waals surface area contributed by atoms with E-state index in [1.54, 1.807) is 12.1 Å². The van der Waals surface area contributed by atoms with Crippen LogP contribution in [0, 0.1) is 0 Å². The first-order valence-electron chi connectivity index (χ1n) is 13.0. The minimum Gasteiger partial charge on any atom is -0.508 e. The molecule has 14 nitrogen and oxygen atoms in total. The van der Waals surface area contributed by atoms with Crippen LogP contribution >= 0.6 is 0 Å². The van der Waals surface area contributed by atoms with Gasteiger partial charge in [0, 0.05) is 12.1 Å². The van der Waals surface area contributed by atoms with Crippen molar-refractivity contribution >= 4 is 5.78 Å². The summed E-state index contributed by atoms with van der Waals surface area (Å²) in [7, 11) is 0. The smallest absolute Gasteiger partial charge is 0.229 e. The molecule has 0 radical (unpaired) electrons. The Kier molecular flexibility index (Phi) is 8.39. The van der Waals surface area contributed by atoms with E-state index in [0.717, 1.165) is 6.07 Å². The van der Waals surface area contributed by atoms with Crippen LogP contribution in [0.1, 0.15) is 35.4 Å². The molecule has 8 N–H and O–H groups in total. The van der Waals surface area contributed by atoms with Crippen molar-refractivity contribution in [2.24, 2.45) is 0 Å². The topological polar surface area (TPSA) is 225 Å². The average Bonchev–Trinajstić information content (AvgIpc) is 2.94. The van der Waals surface area contributed by atoms with Gasteiger partial charge in [0.05, 0.1) is 19.1 Å². The first-order valence-corrected chi connectivity index (χ1v) is 13.0. The molecule has 5 unspecified atom stereocenters. The fraction of sp³-hybridized carbons (Fsp3) is 0.519. The van der Waals surface area contributed by atoms with Gasteiger partial charge in [-0.05, 0) is 24.6 Å². The Balaban J connectivity index is 1.41. The van der Waals surface area contributed by atoms with Gasteiger partial charge < -0.3 is 64.5 Å². The van der Waals surface area contributed by atoms with Crippen LogP contribution in [0.3, 0.4) is 0 Å². The van der Waals surface area contributed by atoms with Gasteiger partial charge in [-0.15, -0.1) is 0 Å². The fourth-order valence-electron chi connectivity index (χ4n) is 5.07. The second kappa shape index (κ2) is 11.7. The number of ketones is 1. The number of aliphatic hydroxyl groups is 6. The molecule has 0 bridgehead atoms. The predicted octanol–water partition coefficient (Wildman–Crippen LogP) is -1.17. The summed E-state index contributed by atoms with van der Waals surface area (Å²) in [6.07, 6.45) is -16.0. The normalized spacial score (nSPS) is 37.2. The lowest BCUT2D eigenvalue weighted by atomic mass is 9.95. The van der Waals surface area contributed by atoms with Gasteiger partial charge in [-0.2, -0.15) is 0 Å². The molecule has 2 aromatic rings. The molecular weight excluding hydrogens is 548 g/mol. The van der Waals surface area contributed by atoms with Crippen molar-refractivity contribution in [3.05, 3.63) is 47.5 Å². The van der Waals surface area contributed by atoms with E-state index in [1.807, 2.05) is 0 Å². The van der Waals surface area contributed by atoms with Crippen LogP contribution in [-0.2, 0) is 14.2 Å². The highest BCUT2D eigenvalue weighted by Gasteiger charge is 2.51. The largest absolute Gasteiger partial charge is 0.508 e. The highest BCUT2D eigenvalue weighted by Crippen LogP contribution is 2.43. The number of fused-ring (bicyclic) bond motifs is 1. The molecule has 3 aliphatic heterocycles. The standard InChI is InChI=1S/C27H32O14/c1-10-20(32)22(34)24(36)26(37-10)41-25-23(35)21(33)18(9-28)40-27(25)38-13-6-14(30)19-15(31)8-16(39-17(19)7-13)11-2-4-12(29)5-3-11/h2-7,10,16,18,20-30,32-36H,8-9H2,1H3/t10?,16?,18?,20-,21+,22-,23+,24?,25?,26-,27+/m0/s1. The molecule has 11 atom stereocenters. The van der Waals surface area contributed by atoms with Crippen LogP contribution in [0.25, 0.3) is 0 Å². The lowest BCUT2D eigenvalue weighted by Gasteiger charge is -2.45. The summed E-state index contributed by atoms with van der Waals surface area (Å²) >= 11 is 0. The van der Waals surface area contributed by atoms with Crippen LogP contribution < -0.4 is 9.47 Å². The summed E-state index contributed by atoms with van der Waals surface area (Å²) in [6, 6.07) is 8.50. The zero-order valence-electron chi connectivity index (χ0n) is 21.8. The summed E-state index contributed by atoms with van der Waals surface area (Å²) < 4.78 is 28.6. The van der Waals surface area contributed by atoms with Gasteiger partial charge in [-0.25, -0.2) is 0 Å². The molecule has 0 amide bonds. The lowest BCUT2D eigenvalue weighted by Crippen LogP contribution is -2.64. The van der Waals surface area contributed by atoms with Gasteiger partial charge >= 0.3 is 0 Å². The Morgan fingerprint density at radius 3 is 2.27 bits per heavy atom. The van der Waals surface area contributed by atoms with Crippen molar-refractivity contribution in [2.75, 3.05) is 6.61 Å². The number of Topliss-reactive ketones (excluding diaryl/α,β-unsaturated/α-hetero) is 1. The Morgan fingerprint density at radius 1 is 0.878 bits per heavy atom. The van der Waals surface area contributed by atoms with Crippen molar-refractivity contribution in [3.63, 3.8) is 0 Å². The summed E-state index contributed by atoms with van der Waals surface area (Å²) in [6.45, 7) is 0.716. The Labute approximate surface area is 233 Å². The first-order chi connectivity index (χ1) is 19.5. The number of aromatic hydroxyl groups is 2. The number of benzene rings is 2. The molecule has 2 fully saturated rings. The Bertz CT molecular complexity index is 1240. The van der Waals surface area contributed by atoms with Gasteiger partial charge in [0.25, 0.3) is 0 Å². The maximum absolute atomic E-state index is 12.9. The number of hydrogen-bond acceptors (Lipinski definition) is 14. The van der Waals surface area contributed by atoms with Gasteiger partial charge in [0.15, 0.2) is 18.2 Å². The summed E-state index contributed by atoms with van der Waals surface area (Å²) in [5, 5.41) is 81.6. The molecular formula is C27H32O14. The van der Waals surface area contributed by atoms with Crippen LogP contribution in [0.5, 0.6) is 23.0 Å². The molecule has 3 heterocycles. The first kappa shape index (κ1) is 29.4. The molecule has 2 aromatic carbocycles. The van der Waals surface area contributed by atoms with Crippen LogP contribution in [0.4, 0.5) is 0 Å². The third-order valence-electron chi connectivity index (χ3n) is 7.42. The zero-order valence-corrected chi connectivity index (χ0v) is 21.8. The third-order valence-corrected chi connectivity index (χ3v) is 7.42. The molecule has 0 aliphatic carbocycles. The average molecular weight is 581 g/mol. The Hall–Kier alpha value is -3.05. The molecule has 2 saturated heterocycles. The van der Waals surface area contributed by atoms with E-state index in [4.69, 9.17) is 23.7 Å². The van der Waals surface area contributed by atoms with Gasteiger partial charge in [0.1, 0.15) is 71.3 Å². The molecule has 41 heavy (non-hydrogen) atoms. The number of phenolic OH excluding ortho intramolecular Hbond substituents is 2. The molecule has 0 spiro atoms. The minimum absolute atomic E-state index is 0.0149. The van der Waals surface area contributed by atoms with Crippen LogP contribution in [-0.4, -0.2) is 115 Å². The van der Waals surface area contributed by atoms with E-state index >= 15 is 0 Å². The lowest BCUT2D eigenvalue weighted by molar-refractivity contribution is -0.354. The summed E-state index contributed by atoms with van der Waals surface area (Å²) in [4.78, 5) is 12.9. The molecule has 5 rings (SSSR count). The number of hydrogen-bond donors (Lipinski definition) is 8. The van der Waals surface area contributed by atoms with Crippen molar-refractivity contribution in [1.29, 1.82) is 0 Å². The Morgan fingerprint density at radius 2 is 1.59 bits per heavy atom.